The van der Waals surface area contributed by atoms with E-state index in [-0.39, 0.29) is 42.5 Å². The van der Waals surface area contributed by atoms with Crippen molar-refractivity contribution in [1.29, 1.82) is 0 Å². The fourth-order valence-electron chi connectivity index (χ4n) is 5.59. The van der Waals surface area contributed by atoms with Gasteiger partial charge in [0.15, 0.2) is 11.6 Å². The van der Waals surface area contributed by atoms with Crippen molar-refractivity contribution in [2.75, 3.05) is 13.2 Å². The lowest BCUT2D eigenvalue weighted by Gasteiger charge is -2.30. The van der Waals surface area contributed by atoms with Crippen molar-refractivity contribution in [2.45, 2.75) is 44.4 Å². The zero-order chi connectivity index (χ0) is 31.6. The molecule has 0 aliphatic carbocycles. The number of carbonyl (C=O) groups is 2. The second-order valence-electron chi connectivity index (χ2n) is 11.2. The maximum Gasteiger partial charge on any atom is 0.407 e. The number of aromatic amines is 2. The highest BCUT2D eigenvalue weighted by Crippen LogP contribution is 2.37. The van der Waals surface area contributed by atoms with Gasteiger partial charge in [0.05, 0.1) is 34.9 Å². The number of nitrogens with zero attached hydrogens (tertiary/aromatic N) is 2. The van der Waals surface area contributed by atoms with Crippen LogP contribution in [0.3, 0.4) is 0 Å². The van der Waals surface area contributed by atoms with Crippen LogP contribution < -0.4 is 10.1 Å². The number of carbonyl (C=O) groups excluding carboxylic acids is 1. The van der Waals surface area contributed by atoms with Gasteiger partial charge in [0, 0.05) is 36.5 Å². The molecule has 2 aromatic heterocycles. The van der Waals surface area contributed by atoms with Crippen LogP contribution in [0.15, 0.2) is 61.1 Å². The second kappa shape index (κ2) is 12.4. The van der Waals surface area contributed by atoms with Gasteiger partial charge in [-0.2, -0.15) is 0 Å². The molecule has 3 heterocycles. The molecule has 12 heteroatoms. The van der Waals surface area contributed by atoms with Gasteiger partial charge in [0.1, 0.15) is 17.4 Å². The number of hydrogen-bond donors (Lipinski definition) is 4. The molecule has 0 fully saturated rings. The number of H-pyrrole nitrogens is 2. The van der Waals surface area contributed by atoms with E-state index in [1.807, 2.05) is 31.2 Å². The van der Waals surface area contributed by atoms with E-state index < -0.39 is 29.1 Å². The van der Waals surface area contributed by atoms with Gasteiger partial charge in [-0.25, -0.2) is 23.5 Å². The number of aryl methyl sites for hydroxylation is 2. The molecule has 45 heavy (non-hydrogen) atoms. The molecule has 0 saturated carbocycles. The molecule has 232 valence electrons. The summed E-state index contributed by atoms with van der Waals surface area (Å²) in [5.41, 5.74) is 3.00. The highest BCUT2D eigenvalue weighted by Gasteiger charge is 2.33. The summed E-state index contributed by atoms with van der Waals surface area (Å²) in [6.07, 6.45) is 4.18. The summed E-state index contributed by atoms with van der Waals surface area (Å²) in [7, 11) is 0. The number of imidazole rings is 2. The molecule has 6 rings (SSSR count). The number of carboxylic acids is 1. The molecule has 3 aromatic carbocycles. The van der Waals surface area contributed by atoms with Gasteiger partial charge < -0.3 is 29.9 Å². The van der Waals surface area contributed by atoms with Crippen LogP contribution in [0.25, 0.3) is 22.4 Å². The number of aliphatic carboxylic acids is 1. The molecule has 0 radical (unpaired) electrons. The van der Waals surface area contributed by atoms with E-state index in [9.17, 15) is 9.59 Å². The third-order valence-corrected chi connectivity index (χ3v) is 8.13. The molecule has 5 aromatic rings. The van der Waals surface area contributed by atoms with Crippen LogP contribution in [0.5, 0.6) is 11.5 Å². The summed E-state index contributed by atoms with van der Waals surface area (Å²) in [4.78, 5) is 38.9. The smallest absolute Gasteiger partial charge is 0.407 e. The number of carboxylic acid groups (broad SMARTS) is 1. The summed E-state index contributed by atoms with van der Waals surface area (Å²) < 4.78 is 42.1. The Balaban J connectivity index is 1.42. The first-order chi connectivity index (χ1) is 21.7. The van der Waals surface area contributed by atoms with Gasteiger partial charge in [-0.15, -0.1) is 0 Å². The number of nitrogens with one attached hydrogen (secondary N) is 3. The highest BCUT2D eigenvalue weighted by molar-refractivity contribution is 5.81. The number of cyclic esters (lactones) is 1. The number of amides is 1. The summed E-state index contributed by atoms with van der Waals surface area (Å²) in [5.74, 6) is -1.67. The van der Waals surface area contributed by atoms with Crippen molar-refractivity contribution in [3.8, 4) is 22.9 Å². The third kappa shape index (κ3) is 6.21. The number of alkyl carbamates (subject to hydrolysis) is 1. The standard InChI is InChI=1S/C33H31F2N5O5/c1-33(20-6-4-5-19(13-20)8-11-28(41)42)17-37-32(43)44-12-3-2-7-22-29-26(38-18-39-29)15-25(35)30(22)45-21-9-10-24(34)23(14-21)31-36-16-27(33)40-31/h4-6,9-10,13-16,18H,2-3,7-8,11-12,17H2,1H3,(H,36,40)(H,37,43)(H,38,39)(H,41,42). The maximum absolute atomic E-state index is 15.4. The van der Waals surface area contributed by atoms with E-state index in [1.54, 1.807) is 6.20 Å². The zero-order valence-electron chi connectivity index (χ0n) is 24.5. The first-order valence-electron chi connectivity index (χ1n) is 14.6. The quantitative estimate of drug-likeness (QED) is 0.183. The van der Waals surface area contributed by atoms with Gasteiger partial charge >= 0.3 is 12.1 Å². The SMILES string of the molecule is CC1(c2cccc(CCC(=O)O)c2)CNC(=O)OCCCCc2c(c(F)cc3[nH]cnc23)Oc2ccc(F)c(c2)-c2ncc1[nH]2. The van der Waals surface area contributed by atoms with Crippen molar-refractivity contribution in [1.82, 2.24) is 25.3 Å². The number of fused-ring (bicyclic) bond motifs is 8. The van der Waals surface area contributed by atoms with Crippen LogP contribution in [0.4, 0.5) is 13.6 Å². The van der Waals surface area contributed by atoms with Crippen molar-refractivity contribution in [2.24, 2.45) is 0 Å². The predicted octanol–water partition coefficient (Wildman–Crippen LogP) is 6.41. The summed E-state index contributed by atoms with van der Waals surface area (Å²) in [6, 6.07) is 12.9. The molecule has 1 atom stereocenters. The number of halogens is 2. The van der Waals surface area contributed by atoms with E-state index in [0.29, 0.717) is 48.0 Å². The van der Waals surface area contributed by atoms with Crippen LogP contribution >= 0.6 is 0 Å². The minimum atomic E-state index is -0.903. The van der Waals surface area contributed by atoms with Gasteiger partial charge in [0.2, 0.25) is 0 Å². The third-order valence-electron chi connectivity index (χ3n) is 8.13. The average molecular weight is 616 g/mol. The van der Waals surface area contributed by atoms with Crippen molar-refractivity contribution in [3.63, 3.8) is 0 Å². The Morgan fingerprint density at radius 1 is 1.09 bits per heavy atom. The van der Waals surface area contributed by atoms with E-state index in [0.717, 1.165) is 11.1 Å². The summed E-state index contributed by atoms with van der Waals surface area (Å²) >= 11 is 0. The van der Waals surface area contributed by atoms with Gasteiger partial charge in [-0.1, -0.05) is 24.3 Å². The Kier molecular flexibility index (Phi) is 8.20. The minimum absolute atomic E-state index is 0.0116. The van der Waals surface area contributed by atoms with E-state index in [1.165, 1.54) is 30.6 Å². The Labute approximate surface area is 256 Å². The molecule has 1 aliphatic rings. The number of rotatable bonds is 4. The highest BCUT2D eigenvalue weighted by atomic mass is 19.1. The Morgan fingerprint density at radius 3 is 2.80 bits per heavy atom. The van der Waals surface area contributed by atoms with E-state index >= 15 is 8.78 Å². The lowest BCUT2D eigenvalue weighted by molar-refractivity contribution is -0.136. The van der Waals surface area contributed by atoms with Crippen molar-refractivity contribution >= 4 is 23.1 Å². The molecule has 1 aliphatic heterocycles. The van der Waals surface area contributed by atoms with E-state index in [4.69, 9.17) is 14.6 Å². The number of hydrogen-bond acceptors (Lipinski definition) is 6. The van der Waals surface area contributed by atoms with Crippen molar-refractivity contribution < 1.29 is 33.0 Å². The van der Waals surface area contributed by atoms with E-state index in [2.05, 4.69) is 25.3 Å². The Morgan fingerprint density at radius 2 is 1.96 bits per heavy atom. The topological polar surface area (TPSA) is 142 Å². The molecule has 4 N–H and O–H groups in total. The molecule has 0 saturated heterocycles. The first-order valence-corrected chi connectivity index (χ1v) is 14.6. The van der Waals surface area contributed by atoms with Crippen LogP contribution in [-0.4, -0.2) is 50.3 Å². The monoisotopic (exact) mass is 615 g/mol. The zero-order valence-corrected chi connectivity index (χ0v) is 24.5. The van der Waals surface area contributed by atoms with Gasteiger partial charge in [-0.05, 0) is 61.9 Å². The Bertz CT molecular complexity index is 1890. The normalized spacial score (nSPS) is 17.4. The molecule has 10 nitrogen and oxygen atoms in total. The molecule has 1 unspecified atom stereocenters. The number of benzene rings is 3. The maximum atomic E-state index is 15.4. The summed E-state index contributed by atoms with van der Waals surface area (Å²) in [6.45, 7) is 2.13. The first kappa shape index (κ1) is 29.8. The Hall–Kier alpha value is -5.26. The van der Waals surface area contributed by atoms with Gasteiger partial charge in [-0.3, -0.25) is 4.79 Å². The molecule has 0 spiro atoms. The van der Waals surface area contributed by atoms with Crippen LogP contribution in [0.1, 0.15) is 48.6 Å². The molecule has 1 amide bonds. The fourth-order valence-corrected chi connectivity index (χ4v) is 5.59. The largest absolute Gasteiger partial charge is 0.481 e. The predicted molar refractivity (Wildman–Crippen MR) is 161 cm³/mol. The molecular weight excluding hydrogens is 584 g/mol. The van der Waals surface area contributed by atoms with Crippen LogP contribution in [0, 0.1) is 11.6 Å². The molecular formula is C33H31F2N5O5. The second-order valence-corrected chi connectivity index (χ2v) is 11.2. The lowest BCUT2D eigenvalue weighted by Crippen LogP contribution is -2.40. The van der Waals surface area contributed by atoms with Crippen LogP contribution in [0.2, 0.25) is 0 Å². The number of ether oxygens (including phenoxy) is 2. The lowest BCUT2D eigenvalue weighted by atomic mass is 9.79. The van der Waals surface area contributed by atoms with Gasteiger partial charge in [0.25, 0.3) is 0 Å². The number of aromatic nitrogens is 4. The summed E-state index contributed by atoms with van der Waals surface area (Å²) in [5, 5.41) is 12.0. The van der Waals surface area contributed by atoms with Crippen molar-refractivity contribution in [3.05, 3.63) is 95.1 Å². The average Bonchev–Trinajstić information content (AvgIpc) is 3.71. The molecule has 4 bridgehead atoms. The minimum Gasteiger partial charge on any atom is -0.481 e. The fraction of sp³-hybridized carbons (Fsp3) is 0.273. The van der Waals surface area contributed by atoms with Crippen LogP contribution in [-0.2, 0) is 27.8 Å².